The van der Waals surface area contributed by atoms with Crippen LogP contribution in [0.4, 0.5) is 0 Å². The highest BCUT2D eigenvalue weighted by atomic mass is 31.1. The van der Waals surface area contributed by atoms with Gasteiger partial charge in [0.2, 0.25) is 0 Å². The number of nitrogens with zero attached hydrogens (tertiary/aromatic N) is 1. The van der Waals surface area contributed by atoms with Crippen LogP contribution in [0.5, 0.6) is 0 Å². The van der Waals surface area contributed by atoms with Crippen molar-refractivity contribution in [1.82, 2.24) is 9.97 Å². The molecule has 0 bridgehead atoms. The van der Waals surface area contributed by atoms with E-state index in [0.29, 0.717) is 18.0 Å². The molecule has 1 rings (SSSR count). The van der Waals surface area contributed by atoms with Gasteiger partial charge >= 0.3 is 0 Å². The minimum absolute atomic E-state index is 0.312. The Hall–Kier alpha value is -0.440. The molecule has 178 valence electrons. The van der Waals surface area contributed by atoms with Gasteiger partial charge in [0.15, 0.2) is 0 Å². The van der Waals surface area contributed by atoms with Gasteiger partial charge in [0, 0.05) is 24.5 Å². The Morgan fingerprint density at radius 1 is 0.733 bits per heavy atom. The van der Waals surface area contributed by atoms with Gasteiger partial charge in [-0.25, -0.2) is 4.98 Å². The molecule has 3 unspecified atom stereocenters. The van der Waals surface area contributed by atoms with E-state index >= 15 is 0 Å². The third-order valence-corrected chi connectivity index (χ3v) is 7.30. The van der Waals surface area contributed by atoms with Gasteiger partial charge in [-0.15, -0.1) is 8.58 Å². The van der Waals surface area contributed by atoms with Crippen LogP contribution in [0, 0.1) is 5.92 Å². The lowest BCUT2D eigenvalue weighted by atomic mass is 9.83. The van der Waals surface area contributed by atoms with Crippen molar-refractivity contribution in [2.45, 2.75) is 123 Å². The summed E-state index contributed by atoms with van der Waals surface area (Å²) >= 11 is 0. The zero-order chi connectivity index (χ0) is 22.3. The van der Waals surface area contributed by atoms with Gasteiger partial charge in [-0.1, -0.05) is 78.6 Å². The van der Waals surface area contributed by atoms with Crippen LogP contribution in [-0.4, -0.2) is 34.4 Å². The highest BCUT2D eigenvalue weighted by Gasteiger charge is 2.23. The van der Waals surface area contributed by atoms with E-state index in [2.05, 4.69) is 30.7 Å². The van der Waals surface area contributed by atoms with Gasteiger partial charge < -0.3 is 16.5 Å². The molecule has 0 radical (unpaired) electrons. The minimum atomic E-state index is 0.312. The Labute approximate surface area is 189 Å². The number of nitrogens with two attached hydrogens (primary N) is 2. The number of rotatable bonds is 19. The van der Waals surface area contributed by atoms with Gasteiger partial charge in [-0.05, 0) is 50.3 Å². The average molecular weight is 441 g/mol. The highest BCUT2D eigenvalue weighted by Crippen LogP contribution is 2.23. The van der Waals surface area contributed by atoms with Crippen LogP contribution in [0.25, 0.3) is 0 Å². The first kappa shape index (κ1) is 29.6. The predicted octanol–water partition coefficient (Wildman–Crippen LogP) is 6.87. The first-order valence-corrected chi connectivity index (χ1v) is 14.2. The summed E-state index contributed by atoms with van der Waals surface area (Å²) in [5, 5.41) is 0. The molecule has 0 amide bonds. The maximum absolute atomic E-state index is 6.52. The topological polar surface area (TPSA) is 80.7 Å². The summed E-state index contributed by atoms with van der Waals surface area (Å²) in [6.45, 7) is 6.79. The van der Waals surface area contributed by atoms with Crippen molar-refractivity contribution < 1.29 is 0 Å². The number of H-pyrrole nitrogens is 1. The summed E-state index contributed by atoms with van der Waals surface area (Å²) in [4.78, 5) is 6.42. The first-order chi connectivity index (χ1) is 14.7. The van der Waals surface area contributed by atoms with E-state index in [1.165, 1.54) is 98.0 Å². The smallest absolute Gasteiger partial charge is 0.0919 e. The fourth-order valence-electron chi connectivity index (χ4n) is 3.88. The molecule has 0 saturated heterocycles. The number of aromatic nitrogens is 2. The third kappa shape index (κ3) is 18.3. The van der Waals surface area contributed by atoms with Crippen molar-refractivity contribution in [3.63, 3.8) is 0 Å². The Bertz CT molecular complexity index is 382. The Balaban J connectivity index is 0.00000145. The molecule has 0 aromatic carbocycles. The maximum Gasteiger partial charge on any atom is 0.0919 e. The highest BCUT2D eigenvalue weighted by molar-refractivity contribution is 7.37. The maximum atomic E-state index is 6.52. The molecule has 0 spiro atoms. The molecule has 0 saturated carbocycles. The Kier molecular flexibility index (Phi) is 22.9. The lowest BCUT2D eigenvalue weighted by Crippen LogP contribution is -2.42. The second kappa shape index (κ2) is 23.2. The summed E-state index contributed by atoms with van der Waals surface area (Å²) in [6.07, 6.45) is 26.3. The zero-order valence-electron chi connectivity index (χ0n) is 20.4. The molecule has 1 heterocycles. The molecular formula is C25H53N4P. The van der Waals surface area contributed by atoms with Crippen molar-refractivity contribution >= 4 is 8.58 Å². The van der Waals surface area contributed by atoms with E-state index in [0.717, 1.165) is 12.8 Å². The molecule has 4 nitrogen and oxygen atoms in total. The molecule has 1 aromatic rings. The fourth-order valence-corrected chi connectivity index (χ4v) is 5.13. The number of hydrogen-bond donors (Lipinski definition) is 3. The lowest BCUT2D eigenvalue weighted by molar-refractivity contribution is 0.288. The second-order valence-electron chi connectivity index (χ2n) is 8.70. The van der Waals surface area contributed by atoms with Crippen molar-refractivity contribution in [3.05, 3.63) is 18.7 Å². The summed E-state index contributed by atoms with van der Waals surface area (Å²) in [5.74, 6) is 0.537. The molecule has 3 atom stereocenters. The number of aromatic amines is 1. The van der Waals surface area contributed by atoms with Gasteiger partial charge in [-0.3, -0.25) is 0 Å². The second-order valence-corrected chi connectivity index (χ2v) is 10.2. The van der Waals surface area contributed by atoms with Crippen LogP contribution in [-0.2, 0) is 0 Å². The average Bonchev–Trinajstić information content (AvgIpc) is 3.34. The summed E-state index contributed by atoms with van der Waals surface area (Å²) in [7, 11) is 1.19. The molecule has 0 fully saturated rings. The number of unbranched alkanes of at least 4 members (excludes halogenated alkanes) is 7. The van der Waals surface area contributed by atoms with Crippen LogP contribution < -0.4 is 11.5 Å². The normalized spacial score (nSPS) is 14.4. The molecule has 0 aliphatic heterocycles. The van der Waals surface area contributed by atoms with Gasteiger partial charge in [0.1, 0.15) is 0 Å². The van der Waals surface area contributed by atoms with Gasteiger partial charge in [0.05, 0.1) is 6.33 Å². The van der Waals surface area contributed by atoms with Crippen LogP contribution in [0.1, 0.15) is 111 Å². The largest absolute Gasteiger partial charge is 0.351 e. The number of nitrogens with one attached hydrogen (secondary N) is 1. The van der Waals surface area contributed by atoms with E-state index < -0.39 is 0 Å². The van der Waals surface area contributed by atoms with Crippen molar-refractivity contribution in [3.8, 4) is 0 Å². The van der Waals surface area contributed by atoms with Crippen LogP contribution >= 0.6 is 8.58 Å². The van der Waals surface area contributed by atoms with Gasteiger partial charge in [-0.2, -0.15) is 0 Å². The van der Waals surface area contributed by atoms with Crippen LogP contribution in [0.15, 0.2) is 18.7 Å². The SMILES string of the molecule is CCCCCCPCCCCCC(C(N)CCCC)C(N)CCCC.c1c[nH]cn1. The first-order valence-electron chi connectivity index (χ1n) is 12.8. The van der Waals surface area contributed by atoms with E-state index in [4.69, 9.17) is 11.5 Å². The fraction of sp³-hybridized carbons (Fsp3) is 0.880. The van der Waals surface area contributed by atoms with Crippen molar-refractivity contribution in [2.75, 3.05) is 12.3 Å². The minimum Gasteiger partial charge on any atom is -0.351 e. The zero-order valence-corrected chi connectivity index (χ0v) is 21.4. The van der Waals surface area contributed by atoms with Crippen molar-refractivity contribution in [1.29, 1.82) is 0 Å². The van der Waals surface area contributed by atoms with Crippen molar-refractivity contribution in [2.24, 2.45) is 17.4 Å². The predicted molar refractivity (Wildman–Crippen MR) is 138 cm³/mol. The molecule has 5 N–H and O–H groups in total. The third-order valence-electron chi connectivity index (χ3n) is 5.89. The molecule has 0 aliphatic carbocycles. The summed E-state index contributed by atoms with van der Waals surface area (Å²) in [6, 6.07) is 0.625. The monoisotopic (exact) mass is 440 g/mol. The quantitative estimate of drug-likeness (QED) is 0.162. The van der Waals surface area contributed by atoms with Gasteiger partial charge in [0.25, 0.3) is 0 Å². The van der Waals surface area contributed by atoms with E-state index in [1.807, 2.05) is 0 Å². The van der Waals surface area contributed by atoms with E-state index in [1.54, 1.807) is 18.7 Å². The molecule has 1 aromatic heterocycles. The number of imidazole rings is 1. The van der Waals surface area contributed by atoms with E-state index in [-0.39, 0.29) is 0 Å². The Morgan fingerprint density at radius 3 is 1.73 bits per heavy atom. The molecule has 0 aliphatic rings. The summed E-state index contributed by atoms with van der Waals surface area (Å²) < 4.78 is 0. The van der Waals surface area contributed by atoms with Crippen LogP contribution in [0.3, 0.4) is 0 Å². The lowest BCUT2D eigenvalue weighted by Gasteiger charge is -2.29. The molecule has 5 heteroatoms. The Morgan fingerprint density at radius 2 is 1.30 bits per heavy atom. The number of hydrogen-bond acceptors (Lipinski definition) is 3. The standard InChI is InChI=1S/C22H49N2P.C3H4N2/c1-4-7-10-13-18-25-19-14-11-12-15-20(21(23)16-8-5-2)22(24)17-9-6-3;1-2-5-3-4-1/h20-22,25H,4-19,23-24H2,1-3H3;1-3H,(H,4,5). The molecule has 30 heavy (non-hydrogen) atoms. The van der Waals surface area contributed by atoms with Crippen LogP contribution in [0.2, 0.25) is 0 Å². The summed E-state index contributed by atoms with van der Waals surface area (Å²) in [5.41, 5.74) is 13.0. The van der Waals surface area contributed by atoms with E-state index in [9.17, 15) is 0 Å². The molecular weight excluding hydrogens is 387 g/mol.